The molecule has 0 saturated heterocycles. The van der Waals surface area contributed by atoms with E-state index in [1.807, 2.05) is 29.5 Å². The van der Waals surface area contributed by atoms with Crippen molar-refractivity contribution >= 4 is 34.2 Å². The number of benzene rings is 1. The van der Waals surface area contributed by atoms with Gasteiger partial charge >= 0.3 is 0 Å². The Kier molecular flexibility index (Phi) is 5.84. The Morgan fingerprint density at radius 3 is 2.82 bits per heavy atom. The summed E-state index contributed by atoms with van der Waals surface area (Å²) >= 11 is 1.99. The van der Waals surface area contributed by atoms with Gasteiger partial charge in [0.15, 0.2) is 0 Å². The number of hydrogen-bond acceptors (Lipinski definition) is 2. The van der Waals surface area contributed by atoms with Gasteiger partial charge in [-0.1, -0.05) is 13.3 Å². The molecule has 0 radical (unpaired) electrons. The SMILES string of the molecule is CCCC(CN)C(=O)Nc1ccc(F)cc1I. The Morgan fingerprint density at radius 2 is 2.29 bits per heavy atom. The third kappa shape index (κ3) is 4.23. The second kappa shape index (κ2) is 6.90. The second-order valence-corrected chi connectivity index (χ2v) is 5.00. The van der Waals surface area contributed by atoms with E-state index in [2.05, 4.69) is 5.32 Å². The van der Waals surface area contributed by atoms with E-state index in [1.54, 1.807) is 6.07 Å². The predicted molar refractivity (Wildman–Crippen MR) is 75.2 cm³/mol. The molecule has 0 spiro atoms. The molecule has 0 aliphatic carbocycles. The standard InChI is InChI=1S/C12H16FIN2O/c1-2-3-8(7-15)12(17)16-11-5-4-9(13)6-10(11)14/h4-6,8H,2-3,7,15H2,1H3,(H,16,17). The van der Waals surface area contributed by atoms with E-state index in [0.717, 1.165) is 12.8 Å². The molecule has 1 unspecified atom stereocenters. The molecule has 1 amide bonds. The zero-order chi connectivity index (χ0) is 12.8. The predicted octanol–water partition coefficient (Wildman–Crippen LogP) is 2.74. The van der Waals surface area contributed by atoms with Gasteiger partial charge in [-0.15, -0.1) is 0 Å². The molecule has 1 aromatic carbocycles. The third-order valence-electron chi connectivity index (χ3n) is 2.48. The number of halogens is 2. The van der Waals surface area contributed by atoms with Crippen LogP contribution in [-0.2, 0) is 4.79 Å². The van der Waals surface area contributed by atoms with E-state index in [0.29, 0.717) is 15.8 Å². The van der Waals surface area contributed by atoms with Gasteiger partial charge in [0.2, 0.25) is 5.91 Å². The van der Waals surface area contributed by atoms with E-state index in [-0.39, 0.29) is 17.6 Å². The van der Waals surface area contributed by atoms with Crippen LogP contribution in [0, 0.1) is 15.3 Å². The van der Waals surface area contributed by atoms with Crippen LogP contribution >= 0.6 is 22.6 Å². The smallest absolute Gasteiger partial charge is 0.228 e. The average molecular weight is 350 g/mol. The van der Waals surface area contributed by atoms with Crippen LogP contribution in [0.25, 0.3) is 0 Å². The molecule has 0 aliphatic heterocycles. The summed E-state index contributed by atoms with van der Waals surface area (Å²) in [5.41, 5.74) is 6.18. The van der Waals surface area contributed by atoms with Gasteiger partial charge in [-0.05, 0) is 47.2 Å². The molecule has 3 N–H and O–H groups in total. The lowest BCUT2D eigenvalue weighted by molar-refractivity contribution is -0.119. The number of anilines is 1. The molecule has 1 aromatic rings. The van der Waals surface area contributed by atoms with E-state index in [9.17, 15) is 9.18 Å². The van der Waals surface area contributed by atoms with Crippen molar-refractivity contribution in [3.8, 4) is 0 Å². The number of carbonyl (C=O) groups is 1. The summed E-state index contributed by atoms with van der Waals surface area (Å²) in [5, 5.41) is 2.78. The highest BCUT2D eigenvalue weighted by molar-refractivity contribution is 14.1. The summed E-state index contributed by atoms with van der Waals surface area (Å²) in [5.74, 6) is -0.587. The highest BCUT2D eigenvalue weighted by Crippen LogP contribution is 2.20. The maximum atomic E-state index is 12.9. The Labute approximate surface area is 114 Å². The van der Waals surface area contributed by atoms with Crippen molar-refractivity contribution in [3.05, 3.63) is 27.6 Å². The van der Waals surface area contributed by atoms with Crippen LogP contribution in [0.5, 0.6) is 0 Å². The Morgan fingerprint density at radius 1 is 1.59 bits per heavy atom. The normalized spacial score (nSPS) is 12.2. The van der Waals surface area contributed by atoms with Crippen molar-refractivity contribution in [1.29, 1.82) is 0 Å². The van der Waals surface area contributed by atoms with Crippen LogP contribution in [0.1, 0.15) is 19.8 Å². The van der Waals surface area contributed by atoms with E-state index >= 15 is 0 Å². The van der Waals surface area contributed by atoms with Gasteiger partial charge < -0.3 is 11.1 Å². The van der Waals surface area contributed by atoms with Gasteiger partial charge in [-0.2, -0.15) is 0 Å². The fourth-order valence-electron chi connectivity index (χ4n) is 1.53. The monoisotopic (exact) mass is 350 g/mol. The van der Waals surface area contributed by atoms with Crippen LogP contribution in [0.15, 0.2) is 18.2 Å². The van der Waals surface area contributed by atoms with E-state index in [4.69, 9.17) is 5.73 Å². The number of carbonyl (C=O) groups excluding carboxylic acids is 1. The maximum Gasteiger partial charge on any atom is 0.228 e. The fraction of sp³-hybridized carbons (Fsp3) is 0.417. The van der Waals surface area contributed by atoms with Crippen LogP contribution in [0.3, 0.4) is 0 Å². The minimum atomic E-state index is -0.309. The first kappa shape index (κ1) is 14.4. The maximum absolute atomic E-state index is 12.9. The molecule has 1 rings (SSSR count). The Balaban J connectivity index is 2.73. The lowest BCUT2D eigenvalue weighted by atomic mass is 10.0. The summed E-state index contributed by atoms with van der Waals surface area (Å²) in [7, 11) is 0. The molecule has 0 saturated carbocycles. The Hall–Kier alpha value is -0.690. The van der Waals surface area contributed by atoms with Crippen LogP contribution in [0.4, 0.5) is 10.1 Å². The molecule has 94 valence electrons. The summed E-state index contributed by atoms with van der Waals surface area (Å²) in [6, 6.07) is 4.27. The molecule has 0 bridgehead atoms. The Bertz CT molecular complexity index is 398. The molecule has 5 heteroatoms. The van der Waals surface area contributed by atoms with Crippen LogP contribution in [-0.4, -0.2) is 12.5 Å². The molecule has 3 nitrogen and oxygen atoms in total. The second-order valence-electron chi connectivity index (χ2n) is 3.83. The fourth-order valence-corrected chi connectivity index (χ4v) is 2.14. The van der Waals surface area contributed by atoms with E-state index in [1.165, 1.54) is 12.1 Å². The zero-order valence-electron chi connectivity index (χ0n) is 9.67. The van der Waals surface area contributed by atoms with E-state index < -0.39 is 0 Å². The number of amides is 1. The van der Waals surface area contributed by atoms with Crippen molar-refractivity contribution in [3.63, 3.8) is 0 Å². The molecule has 17 heavy (non-hydrogen) atoms. The van der Waals surface area contributed by atoms with Crippen molar-refractivity contribution in [1.82, 2.24) is 0 Å². The number of hydrogen-bond donors (Lipinski definition) is 2. The summed E-state index contributed by atoms with van der Waals surface area (Å²) in [4.78, 5) is 11.9. The van der Waals surface area contributed by atoms with Crippen molar-refractivity contribution < 1.29 is 9.18 Å². The first-order valence-corrected chi connectivity index (χ1v) is 6.62. The van der Waals surface area contributed by atoms with Gasteiger partial charge in [0, 0.05) is 10.1 Å². The minimum Gasteiger partial charge on any atom is -0.330 e. The zero-order valence-corrected chi connectivity index (χ0v) is 11.8. The first-order chi connectivity index (χ1) is 8.08. The van der Waals surface area contributed by atoms with Crippen molar-refractivity contribution in [2.24, 2.45) is 11.7 Å². The third-order valence-corrected chi connectivity index (χ3v) is 3.37. The number of nitrogens with two attached hydrogens (primary N) is 1. The average Bonchev–Trinajstić information content (AvgIpc) is 2.29. The lowest BCUT2D eigenvalue weighted by Crippen LogP contribution is -2.29. The quantitative estimate of drug-likeness (QED) is 0.803. The summed E-state index contributed by atoms with van der Waals surface area (Å²) < 4.78 is 13.6. The van der Waals surface area contributed by atoms with Crippen molar-refractivity contribution in [2.75, 3.05) is 11.9 Å². The van der Waals surface area contributed by atoms with Crippen molar-refractivity contribution in [2.45, 2.75) is 19.8 Å². The van der Waals surface area contributed by atoms with Gasteiger partial charge in [0.1, 0.15) is 5.82 Å². The number of nitrogens with one attached hydrogen (secondary N) is 1. The van der Waals surface area contributed by atoms with Crippen LogP contribution < -0.4 is 11.1 Å². The molecular formula is C12H16FIN2O. The largest absolute Gasteiger partial charge is 0.330 e. The summed E-state index contributed by atoms with van der Waals surface area (Å²) in [6.45, 7) is 2.34. The summed E-state index contributed by atoms with van der Waals surface area (Å²) in [6.07, 6.45) is 1.68. The van der Waals surface area contributed by atoms with Gasteiger partial charge in [0.05, 0.1) is 11.6 Å². The van der Waals surface area contributed by atoms with Gasteiger partial charge in [-0.3, -0.25) is 4.79 Å². The van der Waals surface area contributed by atoms with Gasteiger partial charge in [-0.25, -0.2) is 4.39 Å². The molecule has 1 atom stereocenters. The minimum absolute atomic E-state index is 0.0983. The molecule has 0 aliphatic rings. The highest BCUT2D eigenvalue weighted by Gasteiger charge is 2.16. The molecule has 0 aromatic heterocycles. The van der Waals surface area contributed by atoms with Gasteiger partial charge in [0.25, 0.3) is 0 Å². The molecule has 0 heterocycles. The first-order valence-electron chi connectivity index (χ1n) is 5.54. The number of rotatable bonds is 5. The molecule has 0 fully saturated rings. The lowest BCUT2D eigenvalue weighted by Gasteiger charge is -2.14. The molecular weight excluding hydrogens is 334 g/mol. The van der Waals surface area contributed by atoms with Crippen LogP contribution in [0.2, 0.25) is 0 Å². The highest BCUT2D eigenvalue weighted by atomic mass is 127. The topological polar surface area (TPSA) is 55.1 Å².